The average molecular weight is 353 g/mol. The maximum Gasteiger partial charge on any atom is 0.126 e. The highest BCUT2D eigenvalue weighted by Gasteiger charge is 2.33. The second-order valence-corrected chi connectivity index (χ2v) is 7.81. The number of morpholine rings is 1. The summed E-state index contributed by atoms with van der Waals surface area (Å²) >= 11 is 7.61. The minimum atomic E-state index is 0.219. The highest BCUT2D eigenvalue weighted by atomic mass is 35.5. The van der Waals surface area contributed by atoms with Gasteiger partial charge in [0.2, 0.25) is 0 Å². The first kappa shape index (κ1) is 15.6. The van der Waals surface area contributed by atoms with Gasteiger partial charge in [-0.2, -0.15) is 0 Å². The fraction of sp³-hybridized carbons (Fsp3) is 0.562. The monoisotopic (exact) mass is 352 g/mol. The summed E-state index contributed by atoms with van der Waals surface area (Å²) in [6.45, 7) is 4.71. The molecule has 2 saturated heterocycles. The predicted molar refractivity (Wildman–Crippen MR) is 93.1 cm³/mol. The molecule has 2 aliphatic rings. The molecule has 0 aromatic carbocycles. The molecule has 4 heterocycles. The third-order valence-electron chi connectivity index (χ3n) is 4.70. The molecule has 0 bridgehead atoms. The van der Waals surface area contributed by atoms with E-state index in [1.807, 2.05) is 18.3 Å². The van der Waals surface area contributed by atoms with E-state index in [2.05, 4.69) is 20.2 Å². The Labute approximate surface area is 145 Å². The third kappa shape index (κ3) is 3.32. The number of rotatable bonds is 3. The van der Waals surface area contributed by atoms with E-state index in [1.54, 1.807) is 11.3 Å². The number of aromatic nitrogens is 2. The molecular weight excluding hydrogens is 332 g/mol. The van der Waals surface area contributed by atoms with Crippen LogP contribution in [0.5, 0.6) is 0 Å². The van der Waals surface area contributed by atoms with Gasteiger partial charge in [0.25, 0.3) is 0 Å². The number of nitrogens with zero attached hydrogens (tertiary/aromatic N) is 2. The summed E-state index contributed by atoms with van der Waals surface area (Å²) < 4.78 is 6.54. The van der Waals surface area contributed by atoms with Crippen molar-refractivity contribution in [3.05, 3.63) is 28.5 Å². The van der Waals surface area contributed by atoms with Gasteiger partial charge >= 0.3 is 0 Å². The van der Waals surface area contributed by atoms with Crippen LogP contribution in [-0.4, -0.2) is 53.8 Å². The first-order valence-corrected chi connectivity index (χ1v) is 9.35. The second kappa shape index (κ2) is 6.91. The lowest BCUT2D eigenvalue weighted by Gasteiger charge is -2.41. The molecule has 0 amide bonds. The Morgan fingerprint density at radius 1 is 1.30 bits per heavy atom. The van der Waals surface area contributed by atoms with Crippen molar-refractivity contribution >= 4 is 22.9 Å². The van der Waals surface area contributed by atoms with Crippen molar-refractivity contribution < 1.29 is 4.74 Å². The van der Waals surface area contributed by atoms with Gasteiger partial charge in [0.15, 0.2) is 0 Å². The minimum Gasteiger partial charge on any atom is -0.378 e. The van der Waals surface area contributed by atoms with Crippen molar-refractivity contribution in [1.29, 1.82) is 0 Å². The van der Waals surface area contributed by atoms with Crippen LogP contribution in [0.1, 0.15) is 24.7 Å². The van der Waals surface area contributed by atoms with Crippen LogP contribution in [0.25, 0.3) is 10.6 Å². The summed E-state index contributed by atoms with van der Waals surface area (Å²) in [7, 11) is 0. The Morgan fingerprint density at radius 2 is 2.17 bits per heavy atom. The molecule has 2 aliphatic heterocycles. The van der Waals surface area contributed by atoms with Crippen LogP contribution in [0.15, 0.2) is 18.3 Å². The van der Waals surface area contributed by atoms with E-state index in [4.69, 9.17) is 16.3 Å². The van der Waals surface area contributed by atoms with Crippen LogP contribution in [0.2, 0.25) is 4.34 Å². The molecule has 23 heavy (non-hydrogen) atoms. The number of ether oxygens (including phenoxy) is 1. The molecule has 0 radical (unpaired) electrons. The number of halogens is 1. The van der Waals surface area contributed by atoms with Gasteiger partial charge in [0.1, 0.15) is 5.82 Å². The molecule has 124 valence electrons. The van der Waals surface area contributed by atoms with Crippen LogP contribution in [-0.2, 0) is 4.74 Å². The Bertz CT molecular complexity index is 652. The van der Waals surface area contributed by atoms with Crippen LogP contribution in [0.4, 0.5) is 0 Å². The second-order valence-electron chi connectivity index (χ2n) is 6.10. The van der Waals surface area contributed by atoms with Crippen molar-refractivity contribution in [2.75, 3.05) is 32.8 Å². The molecule has 0 saturated carbocycles. The SMILES string of the molecule is Clc1ccc(-c2cnc([C@@H]3COCCN3C3CCNCC3)[nH]2)s1. The summed E-state index contributed by atoms with van der Waals surface area (Å²) in [5.41, 5.74) is 1.03. The fourth-order valence-corrected chi connectivity index (χ4v) is 4.53. The fourth-order valence-electron chi connectivity index (χ4n) is 3.52. The van der Waals surface area contributed by atoms with E-state index in [1.165, 1.54) is 12.8 Å². The van der Waals surface area contributed by atoms with E-state index in [9.17, 15) is 0 Å². The van der Waals surface area contributed by atoms with E-state index < -0.39 is 0 Å². The number of aromatic amines is 1. The standard InChI is InChI=1S/C16H21ClN4OS/c17-15-2-1-14(23-15)12-9-19-16(20-12)13-10-22-8-7-21(13)11-3-5-18-6-4-11/h1-2,9,11,13,18H,3-8,10H2,(H,19,20)/t13-/m0/s1. The van der Waals surface area contributed by atoms with Gasteiger partial charge in [0, 0.05) is 12.6 Å². The molecule has 0 aliphatic carbocycles. The Kier molecular flexibility index (Phi) is 4.68. The largest absolute Gasteiger partial charge is 0.378 e. The number of nitrogens with one attached hydrogen (secondary N) is 2. The molecule has 1 atom stereocenters. The third-order valence-corrected chi connectivity index (χ3v) is 5.96. The minimum absolute atomic E-state index is 0.219. The maximum absolute atomic E-state index is 6.04. The molecule has 2 N–H and O–H groups in total. The van der Waals surface area contributed by atoms with E-state index >= 15 is 0 Å². The molecule has 7 heteroatoms. The number of hydrogen-bond acceptors (Lipinski definition) is 5. The van der Waals surface area contributed by atoms with Crippen LogP contribution >= 0.6 is 22.9 Å². The van der Waals surface area contributed by atoms with Gasteiger partial charge in [-0.1, -0.05) is 11.6 Å². The van der Waals surface area contributed by atoms with Crippen LogP contribution < -0.4 is 5.32 Å². The molecule has 2 aromatic heterocycles. The van der Waals surface area contributed by atoms with Crippen molar-refractivity contribution in [3.63, 3.8) is 0 Å². The van der Waals surface area contributed by atoms with E-state index in [0.717, 1.165) is 47.0 Å². The lowest BCUT2D eigenvalue weighted by atomic mass is 10.0. The zero-order valence-corrected chi connectivity index (χ0v) is 14.5. The lowest BCUT2D eigenvalue weighted by molar-refractivity contribution is -0.0387. The first-order chi connectivity index (χ1) is 11.3. The molecular formula is C16H21ClN4OS. The number of piperidine rings is 1. The topological polar surface area (TPSA) is 53.2 Å². The number of thiophene rings is 1. The summed E-state index contributed by atoms with van der Waals surface area (Å²) in [5, 5.41) is 3.44. The van der Waals surface area contributed by atoms with E-state index in [-0.39, 0.29) is 6.04 Å². The zero-order chi connectivity index (χ0) is 15.6. The highest BCUT2D eigenvalue weighted by Crippen LogP contribution is 2.32. The highest BCUT2D eigenvalue weighted by molar-refractivity contribution is 7.19. The molecule has 2 fully saturated rings. The molecule has 0 spiro atoms. The number of imidazole rings is 1. The lowest BCUT2D eigenvalue weighted by Crippen LogP contribution is -2.49. The Balaban J connectivity index is 1.56. The van der Waals surface area contributed by atoms with Gasteiger partial charge in [-0.25, -0.2) is 4.98 Å². The molecule has 0 unspecified atom stereocenters. The Morgan fingerprint density at radius 3 is 2.96 bits per heavy atom. The number of hydrogen-bond donors (Lipinski definition) is 2. The summed E-state index contributed by atoms with van der Waals surface area (Å²) in [5.74, 6) is 1.00. The molecule has 4 rings (SSSR count). The quantitative estimate of drug-likeness (QED) is 0.891. The van der Waals surface area contributed by atoms with Crippen molar-refractivity contribution in [1.82, 2.24) is 20.2 Å². The Hall–Kier alpha value is -0.920. The maximum atomic E-state index is 6.04. The zero-order valence-electron chi connectivity index (χ0n) is 12.9. The van der Waals surface area contributed by atoms with Gasteiger partial charge in [-0.05, 0) is 38.1 Å². The molecule has 5 nitrogen and oxygen atoms in total. The van der Waals surface area contributed by atoms with Crippen molar-refractivity contribution in [3.8, 4) is 10.6 Å². The van der Waals surface area contributed by atoms with E-state index in [0.29, 0.717) is 12.6 Å². The van der Waals surface area contributed by atoms with Gasteiger partial charge in [-0.15, -0.1) is 11.3 Å². The van der Waals surface area contributed by atoms with Crippen LogP contribution in [0, 0.1) is 0 Å². The van der Waals surface area contributed by atoms with Gasteiger partial charge in [-0.3, -0.25) is 4.90 Å². The van der Waals surface area contributed by atoms with Gasteiger partial charge in [0.05, 0.1) is 40.4 Å². The van der Waals surface area contributed by atoms with Crippen molar-refractivity contribution in [2.45, 2.75) is 24.9 Å². The average Bonchev–Trinajstić information content (AvgIpc) is 3.24. The summed E-state index contributed by atoms with van der Waals surface area (Å²) in [4.78, 5) is 11.8. The predicted octanol–water partition coefficient (Wildman–Crippen LogP) is 2.92. The molecule has 2 aromatic rings. The number of H-pyrrole nitrogens is 1. The smallest absolute Gasteiger partial charge is 0.126 e. The van der Waals surface area contributed by atoms with Crippen molar-refractivity contribution in [2.24, 2.45) is 0 Å². The summed E-state index contributed by atoms with van der Waals surface area (Å²) in [6, 6.07) is 4.80. The normalized spacial score (nSPS) is 24.1. The van der Waals surface area contributed by atoms with Crippen LogP contribution in [0.3, 0.4) is 0 Å². The first-order valence-electron chi connectivity index (χ1n) is 8.16. The summed E-state index contributed by atoms with van der Waals surface area (Å²) in [6.07, 6.45) is 4.31. The van der Waals surface area contributed by atoms with Gasteiger partial charge < -0.3 is 15.0 Å².